The van der Waals surface area contributed by atoms with E-state index in [1.165, 1.54) is 23.1 Å². The Hall–Kier alpha value is -0.0400. The number of ether oxygens (including phenoxy) is 1. The molecule has 1 aliphatic heterocycles. The van der Waals surface area contributed by atoms with Crippen LogP contribution in [0.3, 0.4) is 0 Å². The molecule has 1 aromatic rings. The third-order valence-corrected chi connectivity index (χ3v) is 6.41. The second-order valence-electron chi connectivity index (χ2n) is 2.89. The highest BCUT2D eigenvalue weighted by molar-refractivity contribution is 9.13. The fourth-order valence-electron chi connectivity index (χ4n) is 1.15. The Bertz CT molecular complexity index is 503. The fraction of sp³-hybridized carbons (Fsp3) is 0.100. The molecular weight excluding hydrogens is 376 g/mol. The minimum absolute atomic E-state index is 0.0740. The number of rotatable bonds is 2. The number of carbonyl (C=O) groups is 1. The second kappa shape index (κ2) is 5.08. The normalized spacial score (nSPS) is 17.4. The van der Waals surface area contributed by atoms with Crippen molar-refractivity contribution >= 4 is 66.1 Å². The van der Waals surface area contributed by atoms with Crippen LogP contribution < -0.4 is 4.74 Å². The van der Waals surface area contributed by atoms with Crippen molar-refractivity contribution in [1.29, 1.82) is 0 Å². The van der Waals surface area contributed by atoms with Crippen molar-refractivity contribution in [2.24, 2.45) is 0 Å². The van der Waals surface area contributed by atoms with Gasteiger partial charge in [-0.15, -0.1) is 0 Å². The highest BCUT2D eigenvalue weighted by Gasteiger charge is 2.15. The van der Waals surface area contributed by atoms with Gasteiger partial charge >= 0.3 is 0 Å². The van der Waals surface area contributed by atoms with Crippen LogP contribution in [0, 0.1) is 0 Å². The van der Waals surface area contributed by atoms with E-state index in [4.69, 9.17) is 4.74 Å². The van der Waals surface area contributed by atoms with Gasteiger partial charge in [-0.3, -0.25) is 4.79 Å². The van der Waals surface area contributed by atoms with Gasteiger partial charge in [-0.2, -0.15) is 0 Å². The van der Waals surface area contributed by atoms with Crippen LogP contribution in [-0.4, -0.2) is 12.2 Å². The molecule has 16 heavy (non-hydrogen) atoms. The Morgan fingerprint density at radius 1 is 1.31 bits per heavy atom. The standard InChI is InChI=1S/C10H6Br2O2S2/c1-14-10-9(12)8(11)6(16-10)4-5-2-3-7(13)15-5/h2-4H,1H3/b5-4+. The molecule has 0 saturated heterocycles. The maximum Gasteiger partial charge on any atom is 0.216 e. The van der Waals surface area contributed by atoms with E-state index in [1.54, 1.807) is 13.2 Å². The lowest BCUT2D eigenvalue weighted by atomic mass is 10.4. The molecule has 0 aliphatic carbocycles. The highest BCUT2D eigenvalue weighted by atomic mass is 79.9. The van der Waals surface area contributed by atoms with E-state index >= 15 is 0 Å². The number of carbonyl (C=O) groups excluding carboxylic acids is 1. The first-order chi connectivity index (χ1) is 7.61. The summed E-state index contributed by atoms with van der Waals surface area (Å²) in [5, 5.41) is 0.891. The monoisotopic (exact) mass is 380 g/mol. The van der Waals surface area contributed by atoms with Crippen LogP contribution in [0.4, 0.5) is 0 Å². The molecule has 0 spiro atoms. The molecule has 2 heterocycles. The van der Waals surface area contributed by atoms with Crippen LogP contribution >= 0.6 is 55.0 Å². The summed E-state index contributed by atoms with van der Waals surface area (Å²) in [6, 6.07) is 0. The topological polar surface area (TPSA) is 26.3 Å². The van der Waals surface area contributed by atoms with Gasteiger partial charge in [-0.1, -0.05) is 11.3 Å². The first-order valence-electron chi connectivity index (χ1n) is 4.25. The largest absolute Gasteiger partial charge is 0.486 e. The quantitative estimate of drug-likeness (QED) is 0.756. The third kappa shape index (κ3) is 2.45. The van der Waals surface area contributed by atoms with Crippen LogP contribution in [0.15, 0.2) is 26.0 Å². The zero-order valence-corrected chi connectivity index (χ0v) is 12.9. The Morgan fingerprint density at radius 3 is 2.56 bits per heavy atom. The predicted octanol–water partition coefficient (Wildman–Crippen LogP) is 4.45. The van der Waals surface area contributed by atoms with Gasteiger partial charge < -0.3 is 4.74 Å². The zero-order valence-electron chi connectivity index (χ0n) is 8.12. The van der Waals surface area contributed by atoms with E-state index in [1.807, 2.05) is 12.2 Å². The molecule has 1 aliphatic rings. The van der Waals surface area contributed by atoms with Crippen molar-refractivity contribution in [3.05, 3.63) is 30.9 Å². The van der Waals surface area contributed by atoms with E-state index < -0.39 is 0 Å². The van der Waals surface area contributed by atoms with Crippen molar-refractivity contribution in [1.82, 2.24) is 0 Å². The molecule has 0 amide bonds. The Morgan fingerprint density at radius 2 is 2.06 bits per heavy atom. The summed E-state index contributed by atoms with van der Waals surface area (Å²) >= 11 is 9.68. The molecule has 0 saturated carbocycles. The van der Waals surface area contributed by atoms with Gasteiger partial charge in [0.15, 0.2) is 5.06 Å². The van der Waals surface area contributed by atoms with E-state index in [0.29, 0.717) is 0 Å². The van der Waals surface area contributed by atoms with Gasteiger partial charge in [0.05, 0.1) is 16.1 Å². The number of halogens is 2. The molecule has 0 fully saturated rings. The average Bonchev–Trinajstić information content (AvgIpc) is 2.78. The summed E-state index contributed by atoms with van der Waals surface area (Å²) in [6.07, 6.45) is 5.36. The van der Waals surface area contributed by atoms with Gasteiger partial charge in [0, 0.05) is 9.78 Å². The lowest BCUT2D eigenvalue weighted by molar-refractivity contribution is -0.106. The van der Waals surface area contributed by atoms with Crippen LogP contribution in [0.2, 0.25) is 0 Å². The molecule has 0 bridgehead atoms. The van der Waals surface area contributed by atoms with Crippen molar-refractivity contribution in [3.63, 3.8) is 0 Å². The molecule has 2 nitrogen and oxygen atoms in total. The zero-order chi connectivity index (χ0) is 11.7. The fourth-order valence-corrected chi connectivity index (χ4v) is 4.18. The molecule has 0 radical (unpaired) electrons. The van der Waals surface area contributed by atoms with Crippen molar-refractivity contribution in [2.45, 2.75) is 0 Å². The maximum absolute atomic E-state index is 11.0. The van der Waals surface area contributed by atoms with E-state index in [2.05, 4.69) is 31.9 Å². The Kier molecular flexibility index (Phi) is 3.94. The number of methoxy groups -OCH3 is 1. The minimum atomic E-state index is 0.0740. The molecule has 1 aromatic heterocycles. The van der Waals surface area contributed by atoms with Crippen molar-refractivity contribution in [2.75, 3.05) is 7.11 Å². The summed E-state index contributed by atoms with van der Waals surface area (Å²) in [5.41, 5.74) is 0. The lowest BCUT2D eigenvalue weighted by Crippen LogP contribution is -1.76. The van der Waals surface area contributed by atoms with Gasteiger partial charge in [0.25, 0.3) is 0 Å². The van der Waals surface area contributed by atoms with Crippen LogP contribution in [-0.2, 0) is 4.79 Å². The van der Waals surface area contributed by atoms with Crippen LogP contribution in [0.5, 0.6) is 5.06 Å². The van der Waals surface area contributed by atoms with E-state index in [0.717, 1.165) is 23.8 Å². The molecular formula is C10H6Br2O2S2. The lowest BCUT2D eigenvalue weighted by Gasteiger charge is -1.92. The smallest absolute Gasteiger partial charge is 0.216 e. The predicted molar refractivity (Wildman–Crippen MR) is 76.0 cm³/mol. The van der Waals surface area contributed by atoms with Gasteiger partial charge in [-0.25, -0.2) is 0 Å². The minimum Gasteiger partial charge on any atom is -0.486 e. The summed E-state index contributed by atoms with van der Waals surface area (Å²) in [6.45, 7) is 0. The molecule has 0 N–H and O–H groups in total. The summed E-state index contributed by atoms with van der Waals surface area (Å²) in [5.74, 6) is 0. The molecule has 0 aromatic carbocycles. The molecule has 6 heteroatoms. The summed E-state index contributed by atoms with van der Waals surface area (Å²) < 4.78 is 7.07. The number of thioether (sulfide) groups is 1. The van der Waals surface area contributed by atoms with Gasteiger partial charge in [0.2, 0.25) is 5.12 Å². The molecule has 0 unspecified atom stereocenters. The summed E-state index contributed by atoms with van der Waals surface area (Å²) in [7, 11) is 1.63. The molecule has 2 rings (SSSR count). The van der Waals surface area contributed by atoms with Crippen LogP contribution in [0.25, 0.3) is 6.08 Å². The van der Waals surface area contributed by atoms with E-state index in [9.17, 15) is 4.79 Å². The Labute approximate surface area is 118 Å². The molecule has 84 valence electrons. The highest BCUT2D eigenvalue weighted by Crippen LogP contribution is 2.44. The van der Waals surface area contributed by atoms with Crippen LogP contribution in [0.1, 0.15) is 4.88 Å². The second-order valence-corrected chi connectivity index (χ2v) is 6.57. The number of thiophene rings is 1. The SMILES string of the molecule is COc1sc(/C=C2\C=CC(=O)S2)c(Br)c1Br. The van der Waals surface area contributed by atoms with Gasteiger partial charge in [-0.05, 0) is 61.8 Å². The first kappa shape index (κ1) is 12.4. The maximum atomic E-state index is 11.0. The Balaban J connectivity index is 2.35. The van der Waals surface area contributed by atoms with Crippen molar-refractivity contribution < 1.29 is 9.53 Å². The van der Waals surface area contributed by atoms with Crippen molar-refractivity contribution in [3.8, 4) is 5.06 Å². The third-order valence-electron chi connectivity index (χ3n) is 1.85. The average molecular weight is 382 g/mol. The summed E-state index contributed by atoms with van der Waals surface area (Å²) in [4.78, 5) is 13.0. The molecule has 0 atom stereocenters. The van der Waals surface area contributed by atoms with Gasteiger partial charge in [0.1, 0.15) is 0 Å². The number of hydrogen-bond acceptors (Lipinski definition) is 4. The number of hydrogen-bond donors (Lipinski definition) is 0. The van der Waals surface area contributed by atoms with E-state index in [-0.39, 0.29) is 5.12 Å². The number of allylic oxidation sites excluding steroid dienone is 1. The first-order valence-corrected chi connectivity index (χ1v) is 7.47.